The van der Waals surface area contributed by atoms with Gasteiger partial charge in [-0.1, -0.05) is 32.0 Å². The number of carbonyl (C=O) groups is 1. The maximum absolute atomic E-state index is 12.7. The fraction of sp³-hybridized carbons (Fsp3) is 0.500. The number of imidazole rings is 1. The first-order chi connectivity index (χ1) is 12.1. The first-order valence-electron chi connectivity index (χ1n) is 9.14. The number of carbonyl (C=O) groups excluding carboxylic acids is 1. The summed E-state index contributed by atoms with van der Waals surface area (Å²) < 4.78 is 2.25. The van der Waals surface area contributed by atoms with Crippen molar-refractivity contribution in [3.05, 3.63) is 53.6 Å². The van der Waals surface area contributed by atoms with E-state index in [9.17, 15) is 4.79 Å². The summed E-state index contributed by atoms with van der Waals surface area (Å²) in [4.78, 5) is 21.6. The van der Waals surface area contributed by atoms with Gasteiger partial charge in [0.2, 0.25) is 0 Å². The second kappa shape index (κ2) is 7.83. The summed E-state index contributed by atoms with van der Waals surface area (Å²) in [7, 11) is 0. The topological polar surface area (TPSA) is 41.4 Å². The van der Waals surface area contributed by atoms with Crippen molar-refractivity contribution in [1.82, 2.24) is 19.4 Å². The Labute approximate surface area is 150 Å². The molecule has 1 amide bonds. The Bertz CT molecular complexity index is 714. The predicted octanol–water partition coefficient (Wildman–Crippen LogP) is 2.77. The molecule has 0 atom stereocenters. The Kier molecular flexibility index (Phi) is 5.53. The van der Waals surface area contributed by atoms with E-state index in [0.29, 0.717) is 5.92 Å². The summed E-state index contributed by atoms with van der Waals surface area (Å²) in [5.41, 5.74) is 1.88. The van der Waals surface area contributed by atoms with Crippen LogP contribution in [-0.4, -0.2) is 58.0 Å². The molecule has 2 heterocycles. The second-order valence-corrected chi connectivity index (χ2v) is 7.08. The fourth-order valence-electron chi connectivity index (χ4n) is 3.42. The number of rotatable bonds is 5. The molecule has 0 bridgehead atoms. The van der Waals surface area contributed by atoms with Gasteiger partial charge in [0.1, 0.15) is 5.82 Å². The van der Waals surface area contributed by atoms with Crippen LogP contribution in [0.2, 0.25) is 0 Å². The molecule has 1 aromatic carbocycles. The van der Waals surface area contributed by atoms with E-state index in [-0.39, 0.29) is 5.91 Å². The van der Waals surface area contributed by atoms with E-state index in [4.69, 9.17) is 0 Å². The number of hydrogen-bond donors (Lipinski definition) is 0. The summed E-state index contributed by atoms with van der Waals surface area (Å²) in [6.45, 7) is 11.8. The molecule has 3 rings (SSSR count). The highest BCUT2D eigenvalue weighted by Gasteiger charge is 2.23. The smallest absolute Gasteiger partial charge is 0.254 e. The maximum atomic E-state index is 12.7. The minimum Gasteiger partial charge on any atom is -0.336 e. The lowest BCUT2D eigenvalue weighted by atomic mass is 10.1. The standard InChI is InChI=1S/C20H28N4O/c1-16(2)19-21-8-9-23(19)13-10-22-11-14-24(15-12-22)20(25)18-7-5-4-6-17(18)3/h4-9,16H,10-15H2,1-3H3. The van der Waals surface area contributed by atoms with Gasteiger partial charge in [0.15, 0.2) is 0 Å². The molecule has 0 radical (unpaired) electrons. The van der Waals surface area contributed by atoms with Crippen molar-refractivity contribution in [2.75, 3.05) is 32.7 Å². The molecular weight excluding hydrogens is 312 g/mol. The van der Waals surface area contributed by atoms with Crippen molar-refractivity contribution in [2.45, 2.75) is 33.2 Å². The van der Waals surface area contributed by atoms with Gasteiger partial charge in [-0.2, -0.15) is 0 Å². The van der Waals surface area contributed by atoms with Gasteiger partial charge in [0.05, 0.1) is 0 Å². The SMILES string of the molecule is Cc1ccccc1C(=O)N1CCN(CCn2ccnc2C(C)C)CC1. The highest BCUT2D eigenvalue weighted by atomic mass is 16.2. The Morgan fingerprint density at radius 1 is 1.12 bits per heavy atom. The molecule has 134 valence electrons. The first kappa shape index (κ1) is 17.7. The molecule has 1 saturated heterocycles. The van der Waals surface area contributed by atoms with Crippen LogP contribution < -0.4 is 0 Å². The Balaban J connectivity index is 1.51. The second-order valence-electron chi connectivity index (χ2n) is 7.08. The van der Waals surface area contributed by atoms with Gasteiger partial charge in [-0.15, -0.1) is 0 Å². The lowest BCUT2D eigenvalue weighted by Gasteiger charge is -2.35. The molecule has 0 saturated carbocycles. The monoisotopic (exact) mass is 340 g/mol. The zero-order valence-corrected chi connectivity index (χ0v) is 15.5. The average Bonchev–Trinajstić information content (AvgIpc) is 3.09. The molecule has 5 heteroatoms. The van der Waals surface area contributed by atoms with Crippen molar-refractivity contribution >= 4 is 5.91 Å². The number of amides is 1. The highest BCUT2D eigenvalue weighted by Crippen LogP contribution is 2.14. The highest BCUT2D eigenvalue weighted by molar-refractivity contribution is 5.95. The van der Waals surface area contributed by atoms with Gasteiger partial charge >= 0.3 is 0 Å². The van der Waals surface area contributed by atoms with Crippen LogP contribution in [-0.2, 0) is 6.54 Å². The van der Waals surface area contributed by atoms with E-state index in [1.807, 2.05) is 42.3 Å². The van der Waals surface area contributed by atoms with Gasteiger partial charge < -0.3 is 9.47 Å². The van der Waals surface area contributed by atoms with E-state index in [2.05, 4.69) is 34.5 Å². The van der Waals surface area contributed by atoms with Crippen molar-refractivity contribution < 1.29 is 4.79 Å². The van der Waals surface area contributed by atoms with Gasteiger partial charge in [0.25, 0.3) is 5.91 Å². The molecule has 5 nitrogen and oxygen atoms in total. The maximum Gasteiger partial charge on any atom is 0.254 e. The summed E-state index contributed by atoms with van der Waals surface area (Å²) in [6, 6.07) is 7.84. The molecule has 2 aromatic rings. The minimum atomic E-state index is 0.162. The zero-order chi connectivity index (χ0) is 17.8. The molecule has 0 N–H and O–H groups in total. The normalized spacial score (nSPS) is 15.8. The van der Waals surface area contributed by atoms with E-state index < -0.39 is 0 Å². The summed E-state index contributed by atoms with van der Waals surface area (Å²) in [5, 5.41) is 0. The van der Waals surface area contributed by atoms with Crippen LogP contribution in [0.25, 0.3) is 0 Å². The van der Waals surface area contributed by atoms with Gasteiger partial charge in [-0.05, 0) is 18.6 Å². The summed E-state index contributed by atoms with van der Waals surface area (Å²) in [6.07, 6.45) is 3.95. The molecule has 1 aromatic heterocycles. The van der Waals surface area contributed by atoms with Crippen molar-refractivity contribution in [1.29, 1.82) is 0 Å². The molecule has 1 fully saturated rings. The molecule has 25 heavy (non-hydrogen) atoms. The van der Waals surface area contributed by atoms with Gasteiger partial charge in [0, 0.05) is 63.1 Å². The van der Waals surface area contributed by atoms with Crippen LogP contribution >= 0.6 is 0 Å². The van der Waals surface area contributed by atoms with E-state index in [1.54, 1.807) is 0 Å². The number of aryl methyl sites for hydroxylation is 1. The van der Waals surface area contributed by atoms with Gasteiger partial charge in [-0.3, -0.25) is 9.69 Å². The van der Waals surface area contributed by atoms with Gasteiger partial charge in [-0.25, -0.2) is 4.98 Å². The minimum absolute atomic E-state index is 0.162. The molecule has 0 unspecified atom stereocenters. The third-order valence-corrected chi connectivity index (χ3v) is 4.96. The molecule has 1 aliphatic heterocycles. The number of piperazine rings is 1. The van der Waals surface area contributed by atoms with Crippen LogP contribution in [0.15, 0.2) is 36.7 Å². The Morgan fingerprint density at radius 2 is 1.84 bits per heavy atom. The quantitative estimate of drug-likeness (QED) is 0.840. The molecule has 1 aliphatic rings. The first-order valence-corrected chi connectivity index (χ1v) is 9.14. The van der Waals surface area contributed by atoms with Crippen LogP contribution in [0, 0.1) is 6.92 Å². The third-order valence-electron chi connectivity index (χ3n) is 4.96. The number of hydrogen-bond acceptors (Lipinski definition) is 3. The zero-order valence-electron chi connectivity index (χ0n) is 15.5. The molecule has 0 spiro atoms. The van der Waals surface area contributed by atoms with Crippen LogP contribution in [0.4, 0.5) is 0 Å². The van der Waals surface area contributed by atoms with Crippen LogP contribution in [0.3, 0.4) is 0 Å². The van der Waals surface area contributed by atoms with Crippen molar-refractivity contribution in [2.24, 2.45) is 0 Å². The van der Waals surface area contributed by atoms with E-state index in [0.717, 1.165) is 56.2 Å². The molecular formula is C20H28N4O. The van der Waals surface area contributed by atoms with E-state index >= 15 is 0 Å². The lowest BCUT2D eigenvalue weighted by Crippen LogP contribution is -2.49. The summed E-state index contributed by atoms with van der Waals surface area (Å²) in [5.74, 6) is 1.75. The van der Waals surface area contributed by atoms with Crippen LogP contribution in [0.5, 0.6) is 0 Å². The third kappa shape index (κ3) is 4.10. The predicted molar refractivity (Wildman–Crippen MR) is 99.8 cm³/mol. The van der Waals surface area contributed by atoms with E-state index in [1.165, 1.54) is 0 Å². The number of benzene rings is 1. The van der Waals surface area contributed by atoms with Crippen molar-refractivity contribution in [3.8, 4) is 0 Å². The molecule has 0 aliphatic carbocycles. The lowest BCUT2D eigenvalue weighted by molar-refractivity contribution is 0.0632. The summed E-state index contributed by atoms with van der Waals surface area (Å²) >= 11 is 0. The fourth-order valence-corrected chi connectivity index (χ4v) is 3.42. The van der Waals surface area contributed by atoms with Crippen LogP contribution in [0.1, 0.15) is 41.5 Å². The Morgan fingerprint density at radius 3 is 2.52 bits per heavy atom. The largest absolute Gasteiger partial charge is 0.336 e. The number of nitrogens with zero attached hydrogens (tertiary/aromatic N) is 4. The number of aromatic nitrogens is 2. The van der Waals surface area contributed by atoms with Crippen molar-refractivity contribution in [3.63, 3.8) is 0 Å². The average molecular weight is 340 g/mol. The Hall–Kier alpha value is -2.14.